The highest BCUT2D eigenvalue weighted by molar-refractivity contribution is 5.71. The Kier molecular flexibility index (Phi) is 4.15. The van der Waals surface area contributed by atoms with Gasteiger partial charge in [-0.2, -0.15) is 0 Å². The first kappa shape index (κ1) is 12.1. The number of hydrogen-bond acceptors (Lipinski definition) is 2. The van der Waals surface area contributed by atoms with Gasteiger partial charge in [-0.25, -0.2) is 0 Å². The molecule has 3 nitrogen and oxygen atoms in total. The van der Waals surface area contributed by atoms with Crippen LogP contribution in [0.15, 0.2) is 30.3 Å². The normalized spacial score (nSPS) is 25.2. The minimum atomic E-state index is -0.666. The molecule has 1 fully saturated rings. The van der Waals surface area contributed by atoms with Gasteiger partial charge in [0.25, 0.3) is 0 Å². The molecule has 92 valence electrons. The Morgan fingerprint density at radius 1 is 1.29 bits per heavy atom. The van der Waals surface area contributed by atoms with Gasteiger partial charge in [0.05, 0.1) is 5.92 Å². The van der Waals surface area contributed by atoms with Crippen molar-refractivity contribution in [1.82, 2.24) is 5.32 Å². The van der Waals surface area contributed by atoms with E-state index in [1.165, 1.54) is 5.56 Å². The Morgan fingerprint density at radius 2 is 2.06 bits per heavy atom. The standard InChI is InChI=1S/C14H19NO2/c16-14(17)12-8-4-5-9-15-13(12)10-11-6-2-1-3-7-11/h1-3,6-7,12-13,15H,4-5,8-10H2,(H,16,17)/t12-,13+/m0/s1. The maximum Gasteiger partial charge on any atom is 0.308 e. The Bertz CT molecular complexity index is 364. The summed E-state index contributed by atoms with van der Waals surface area (Å²) >= 11 is 0. The summed E-state index contributed by atoms with van der Waals surface area (Å²) < 4.78 is 0. The van der Waals surface area contributed by atoms with Crippen LogP contribution in [0, 0.1) is 5.92 Å². The van der Waals surface area contributed by atoms with Crippen LogP contribution in [0.4, 0.5) is 0 Å². The summed E-state index contributed by atoms with van der Waals surface area (Å²) in [6.45, 7) is 0.932. The fraction of sp³-hybridized carbons (Fsp3) is 0.500. The van der Waals surface area contributed by atoms with E-state index in [9.17, 15) is 9.90 Å². The lowest BCUT2D eigenvalue weighted by Crippen LogP contribution is -2.40. The summed E-state index contributed by atoms with van der Waals surface area (Å²) in [5.41, 5.74) is 1.21. The quantitative estimate of drug-likeness (QED) is 0.840. The van der Waals surface area contributed by atoms with E-state index in [1.807, 2.05) is 18.2 Å². The molecule has 1 aliphatic rings. The zero-order chi connectivity index (χ0) is 12.1. The van der Waals surface area contributed by atoms with E-state index in [0.29, 0.717) is 0 Å². The predicted molar refractivity (Wildman–Crippen MR) is 66.9 cm³/mol. The van der Waals surface area contributed by atoms with Gasteiger partial charge in [-0.05, 0) is 31.4 Å². The third-order valence-electron chi connectivity index (χ3n) is 3.45. The highest BCUT2D eigenvalue weighted by Gasteiger charge is 2.29. The van der Waals surface area contributed by atoms with Crippen LogP contribution in [0.1, 0.15) is 24.8 Å². The molecule has 0 unspecified atom stereocenters. The molecule has 17 heavy (non-hydrogen) atoms. The average molecular weight is 233 g/mol. The number of carboxylic acids is 1. The smallest absolute Gasteiger partial charge is 0.308 e. The number of aliphatic carboxylic acids is 1. The molecule has 0 amide bonds. The number of carboxylic acid groups (broad SMARTS) is 1. The summed E-state index contributed by atoms with van der Waals surface area (Å²) in [7, 11) is 0. The third kappa shape index (κ3) is 3.30. The first-order valence-corrected chi connectivity index (χ1v) is 6.27. The van der Waals surface area contributed by atoms with Gasteiger partial charge in [-0.3, -0.25) is 4.79 Å². The zero-order valence-corrected chi connectivity index (χ0v) is 9.93. The molecule has 1 saturated heterocycles. The van der Waals surface area contributed by atoms with E-state index in [1.54, 1.807) is 0 Å². The predicted octanol–water partition coefficient (Wildman–Crippen LogP) is 2.07. The second-order valence-electron chi connectivity index (χ2n) is 4.69. The van der Waals surface area contributed by atoms with Crippen LogP contribution in [-0.4, -0.2) is 23.7 Å². The van der Waals surface area contributed by atoms with Crippen LogP contribution in [-0.2, 0) is 11.2 Å². The monoisotopic (exact) mass is 233 g/mol. The van der Waals surface area contributed by atoms with Crippen molar-refractivity contribution in [2.45, 2.75) is 31.7 Å². The van der Waals surface area contributed by atoms with Crippen molar-refractivity contribution in [2.75, 3.05) is 6.54 Å². The van der Waals surface area contributed by atoms with E-state index in [4.69, 9.17) is 0 Å². The van der Waals surface area contributed by atoms with Crippen molar-refractivity contribution in [3.05, 3.63) is 35.9 Å². The van der Waals surface area contributed by atoms with Crippen molar-refractivity contribution < 1.29 is 9.90 Å². The van der Waals surface area contributed by atoms with Gasteiger partial charge >= 0.3 is 5.97 Å². The van der Waals surface area contributed by atoms with Crippen LogP contribution >= 0.6 is 0 Å². The SMILES string of the molecule is O=C(O)[C@H]1CCCCN[C@@H]1Cc1ccccc1. The van der Waals surface area contributed by atoms with Gasteiger partial charge in [0.15, 0.2) is 0 Å². The summed E-state index contributed by atoms with van der Waals surface area (Å²) in [4.78, 5) is 11.3. The molecule has 3 heteroatoms. The molecule has 0 saturated carbocycles. The molecule has 1 heterocycles. The van der Waals surface area contributed by atoms with Crippen molar-refractivity contribution >= 4 is 5.97 Å². The molecule has 0 radical (unpaired) electrons. The maximum absolute atomic E-state index is 11.3. The lowest BCUT2D eigenvalue weighted by Gasteiger charge is -2.22. The molecule has 2 rings (SSSR count). The summed E-state index contributed by atoms with van der Waals surface area (Å²) in [5, 5.41) is 12.7. The molecule has 2 N–H and O–H groups in total. The fourth-order valence-corrected chi connectivity index (χ4v) is 2.50. The second kappa shape index (κ2) is 5.82. The molecule has 2 atom stereocenters. The largest absolute Gasteiger partial charge is 0.481 e. The van der Waals surface area contributed by atoms with E-state index < -0.39 is 5.97 Å². The third-order valence-corrected chi connectivity index (χ3v) is 3.45. The van der Waals surface area contributed by atoms with Gasteiger partial charge in [-0.15, -0.1) is 0 Å². The zero-order valence-electron chi connectivity index (χ0n) is 9.93. The Hall–Kier alpha value is -1.35. The average Bonchev–Trinajstić information content (AvgIpc) is 2.56. The number of benzene rings is 1. The van der Waals surface area contributed by atoms with Crippen molar-refractivity contribution in [1.29, 1.82) is 0 Å². The summed E-state index contributed by atoms with van der Waals surface area (Å²) in [6, 6.07) is 10.2. The van der Waals surface area contributed by atoms with Gasteiger partial charge in [-0.1, -0.05) is 36.8 Å². The van der Waals surface area contributed by atoms with Crippen LogP contribution in [0.2, 0.25) is 0 Å². The number of rotatable bonds is 3. The molecule has 0 spiro atoms. The van der Waals surface area contributed by atoms with Crippen molar-refractivity contribution in [3.63, 3.8) is 0 Å². The lowest BCUT2D eigenvalue weighted by atomic mass is 9.91. The Labute approximate surface area is 102 Å². The lowest BCUT2D eigenvalue weighted by molar-refractivity contribution is -0.142. The highest BCUT2D eigenvalue weighted by atomic mass is 16.4. The summed E-state index contributed by atoms with van der Waals surface area (Å²) in [6.07, 6.45) is 3.68. The minimum absolute atomic E-state index is 0.0670. The first-order chi connectivity index (χ1) is 8.27. The molecular formula is C14H19NO2. The molecule has 0 bridgehead atoms. The van der Waals surface area contributed by atoms with Gasteiger partial charge in [0.1, 0.15) is 0 Å². The fourth-order valence-electron chi connectivity index (χ4n) is 2.50. The maximum atomic E-state index is 11.3. The van der Waals surface area contributed by atoms with Gasteiger partial charge < -0.3 is 10.4 Å². The van der Waals surface area contributed by atoms with Crippen molar-refractivity contribution in [3.8, 4) is 0 Å². The minimum Gasteiger partial charge on any atom is -0.481 e. The number of nitrogens with one attached hydrogen (secondary N) is 1. The molecule has 0 aromatic heterocycles. The van der Waals surface area contributed by atoms with Crippen LogP contribution < -0.4 is 5.32 Å². The van der Waals surface area contributed by atoms with E-state index in [2.05, 4.69) is 17.4 Å². The molecular weight excluding hydrogens is 214 g/mol. The number of carbonyl (C=O) groups is 1. The molecule has 0 aliphatic carbocycles. The molecule has 1 aliphatic heterocycles. The van der Waals surface area contributed by atoms with Crippen LogP contribution in [0.5, 0.6) is 0 Å². The molecule has 1 aromatic carbocycles. The Balaban J connectivity index is 2.07. The van der Waals surface area contributed by atoms with E-state index in [0.717, 1.165) is 32.2 Å². The molecule has 1 aromatic rings. The second-order valence-corrected chi connectivity index (χ2v) is 4.69. The van der Waals surface area contributed by atoms with E-state index >= 15 is 0 Å². The van der Waals surface area contributed by atoms with Gasteiger partial charge in [0.2, 0.25) is 0 Å². The van der Waals surface area contributed by atoms with Gasteiger partial charge in [0, 0.05) is 6.04 Å². The van der Waals surface area contributed by atoms with Crippen LogP contribution in [0.25, 0.3) is 0 Å². The first-order valence-electron chi connectivity index (χ1n) is 6.27. The van der Waals surface area contributed by atoms with E-state index in [-0.39, 0.29) is 12.0 Å². The summed E-state index contributed by atoms with van der Waals surface area (Å²) in [5.74, 6) is -0.918. The van der Waals surface area contributed by atoms with Crippen molar-refractivity contribution in [2.24, 2.45) is 5.92 Å². The highest BCUT2D eigenvalue weighted by Crippen LogP contribution is 2.20. The Morgan fingerprint density at radius 3 is 2.76 bits per heavy atom. The van der Waals surface area contributed by atoms with Crippen LogP contribution in [0.3, 0.4) is 0 Å². The number of hydrogen-bond donors (Lipinski definition) is 2. The topological polar surface area (TPSA) is 49.3 Å².